The van der Waals surface area contributed by atoms with E-state index in [1.807, 2.05) is 31.3 Å². The molecule has 4 heterocycles. The number of ether oxygens (including phenoxy) is 2. The van der Waals surface area contributed by atoms with E-state index in [-0.39, 0.29) is 11.0 Å². The van der Waals surface area contributed by atoms with Crippen molar-refractivity contribution >= 4 is 46.2 Å². The van der Waals surface area contributed by atoms with Gasteiger partial charge in [0.1, 0.15) is 11.5 Å². The summed E-state index contributed by atoms with van der Waals surface area (Å²) >= 11 is 3.54. The number of rotatable bonds is 7. The Morgan fingerprint density at radius 1 is 1.12 bits per heavy atom. The monoisotopic (exact) mass is 619 g/mol. The van der Waals surface area contributed by atoms with Gasteiger partial charge in [-0.1, -0.05) is 81.4 Å². The van der Waals surface area contributed by atoms with Crippen molar-refractivity contribution in [1.82, 2.24) is 14.6 Å². The zero-order valence-electron chi connectivity index (χ0n) is 23.5. The number of halogens is 1. The molecule has 2 aromatic carbocycles. The van der Waals surface area contributed by atoms with E-state index in [4.69, 9.17) is 24.0 Å². The van der Waals surface area contributed by atoms with Crippen LogP contribution in [0, 0.1) is 18.3 Å². The first-order valence-corrected chi connectivity index (χ1v) is 16.3. The summed E-state index contributed by atoms with van der Waals surface area (Å²) in [5.41, 5.74) is 0.255. The van der Waals surface area contributed by atoms with Crippen LogP contribution in [0.5, 0.6) is 0 Å². The maximum atomic E-state index is 13.4. The van der Waals surface area contributed by atoms with Crippen LogP contribution in [0.25, 0.3) is 5.65 Å². The lowest BCUT2D eigenvalue weighted by atomic mass is 9.53. The van der Waals surface area contributed by atoms with Crippen molar-refractivity contribution in [2.75, 3.05) is 20.3 Å². The first-order valence-electron chi connectivity index (χ1n) is 13.6. The Bertz CT molecular complexity index is 1530. The first-order chi connectivity index (χ1) is 19.1. The van der Waals surface area contributed by atoms with Crippen LogP contribution in [0.1, 0.15) is 38.6 Å². The molecule has 0 N–H and O–H groups in total. The second kappa shape index (κ2) is 9.62. The Balaban J connectivity index is 1.41. The maximum absolute atomic E-state index is 13.4. The number of esters is 1. The van der Waals surface area contributed by atoms with Crippen LogP contribution < -0.4 is 10.4 Å². The van der Waals surface area contributed by atoms with Gasteiger partial charge < -0.3 is 13.9 Å². The summed E-state index contributed by atoms with van der Waals surface area (Å²) in [5, 5.41) is 7.00. The van der Waals surface area contributed by atoms with Crippen molar-refractivity contribution < 1.29 is 18.7 Å². The molecule has 0 radical (unpaired) electrons. The molecule has 3 fully saturated rings. The van der Waals surface area contributed by atoms with E-state index >= 15 is 0 Å². The Kier molecular flexibility index (Phi) is 6.57. The minimum atomic E-state index is -2.81. The van der Waals surface area contributed by atoms with Gasteiger partial charge in [0.15, 0.2) is 11.5 Å². The number of carbonyl (C=O) groups is 1. The van der Waals surface area contributed by atoms with Crippen molar-refractivity contribution in [2.45, 2.75) is 44.8 Å². The lowest BCUT2D eigenvalue weighted by molar-refractivity contribution is -0.176. The van der Waals surface area contributed by atoms with Gasteiger partial charge in [-0.05, 0) is 56.3 Å². The molecule has 2 aromatic heterocycles. The van der Waals surface area contributed by atoms with Crippen molar-refractivity contribution in [3.63, 3.8) is 0 Å². The molecule has 2 aliphatic heterocycles. The SMILES string of the molecule is COC(=O)C1C2(CO[Si](c3ccccc3)(c3ccccc3)C(C)(C)C)COC1(c1nc3c(C)cc(Br)cn3n1)C2. The molecule has 2 saturated heterocycles. The minimum Gasteiger partial charge on any atom is -0.469 e. The molecular weight excluding hydrogens is 586 g/mol. The Morgan fingerprint density at radius 2 is 1.75 bits per heavy atom. The average Bonchev–Trinajstić information content (AvgIpc) is 3.61. The Morgan fingerprint density at radius 3 is 2.33 bits per heavy atom. The number of fused-ring (bicyclic) bond motifs is 2. The Hall–Kier alpha value is -2.85. The zero-order valence-corrected chi connectivity index (χ0v) is 26.1. The van der Waals surface area contributed by atoms with Gasteiger partial charge in [0.2, 0.25) is 0 Å². The maximum Gasteiger partial charge on any atom is 0.312 e. The molecule has 7 nitrogen and oxygen atoms in total. The highest BCUT2D eigenvalue weighted by atomic mass is 79.9. The fraction of sp³-hybridized carbons (Fsp3) is 0.387. The van der Waals surface area contributed by atoms with Gasteiger partial charge in [-0.25, -0.2) is 9.50 Å². The van der Waals surface area contributed by atoms with Crippen LogP contribution in [-0.2, 0) is 24.3 Å². The number of nitrogens with zero attached hydrogens (tertiary/aromatic N) is 3. The molecule has 3 atom stereocenters. The molecule has 3 unspecified atom stereocenters. The fourth-order valence-electron chi connectivity index (χ4n) is 6.94. The molecule has 4 aromatic rings. The number of methoxy groups -OCH3 is 1. The molecule has 40 heavy (non-hydrogen) atoms. The predicted molar refractivity (Wildman–Crippen MR) is 159 cm³/mol. The Labute approximate surface area is 244 Å². The number of benzene rings is 2. The lowest BCUT2D eigenvalue weighted by Gasteiger charge is -2.51. The van der Waals surface area contributed by atoms with Gasteiger partial charge in [-0.15, -0.1) is 5.10 Å². The number of aromatic nitrogens is 3. The van der Waals surface area contributed by atoms with Crippen LogP contribution >= 0.6 is 15.9 Å². The van der Waals surface area contributed by atoms with Gasteiger partial charge in [-0.2, -0.15) is 0 Å². The zero-order chi connectivity index (χ0) is 28.3. The largest absolute Gasteiger partial charge is 0.469 e. The van der Waals surface area contributed by atoms with Gasteiger partial charge in [0, 0.05) is 22.7 Å². The molecule has 3 aliphatic rings. The van der Waals surface area contributed by atoms with E-state index < -0.39 is 25.3 Å². The van der Waals surface area contributed by atoms with Crippen LogP contribution in [0.15, 0.2) is 77.4 Å². The topological polar surface area (TPSA) is 75.0 Å². The standard InChI is InChI=1S/C31H34BrN3O4Si/c1-21-16-22(32)17-35-26(21)33-28(34-35)31-18-30(19-38-31,25(31)27(36)37-5)20-39-40(29(2,3)4,23-12-8-6-9-13-23)24-14-10-7-11-15-24/h6-17,25H,18-20H2,1-5H3. The number of aryl methyl sites for hydroxylation is 1. The normalized spacial score (nSPS) is 24.2. The van der Waals surface area contributed by atoms with Crippen molar-refractivity contribution in [1.29, 1.82) is 0 Å². The van der Waals surface area contributed by atoms with Gasteiger partial charge in [-0.3, -0.25) is 4.79 Å². The lowest BCUT2D eigenvalue weighted by Crippen LogP contribution is -2.68. The molecule has 0 amide bonds. The van der Waals surface area contributed by atoms with Crippen LogP contribution in [0.2, 0.25) is 5.04 Å². The van der Waals surface area contributed by atoms with Gasteiger partial charge in [0.25, 0.3) is 8.32 Å². The molecule has 208 valence electrons. The second-order valence-electron chi connectivity index (χ2n) is 12.2. The number of hydrogen-bond donors (Lipinski definition) is 0. The number of pyridine rings is 1. The summed E-state index contributed by atoms with van der Waals surface area (Å²) < 4.78 is 21.8. The van der Waals surface area contributed by atoms with E-state index in [2.05, 4.69) is 85.2 Å². The predicted octanol–water partition coefficient (Wildman–Crippen LogP) is 4.78. The van der Waals surface area contributed by atoms with Crippen molar-refractivity contribution in [3.8, 4) is 0 Å². The van der Waals surface area contributed by atoms with E-state index in [1.165, 1.54) is 17.5 Å². The second-order valence-corrected chi connectivity index (χ2v) is 17.4. The molecule has 0 spiro atoms. The fourth-order valence-corrected chi connectivity index (χ4v) is 12.1. The minimum absolute atomic E-state index is 0.179. The highest BCUT2D eigenvalue weighted by Gasteiger charge is 2.76. The molecular formula is C31H34BrN3O4Si. The summed E-state index contributed by atoms with van der Waals surface area (Å²) in [7, 11) is -1.37. The molecule has 1 aliphatic carbocycles. The first kappa shape index (κ1) is 27.3. The van der Waals surface area contributed by atoms with Crippen LogP contribution in [-0.4, -0.2) is 49.2 Å². The smallest absolute Gasteiger partial charge is 0.312 e. The summed E-state index contributed by atoms with van der Waals surface area (Å²) in [5.74, 6) is -0.362. The van der Waals surface area contributed by atoms with Crippen LogP contribution in [0.3, 0.4) is 0 Å². The van der Waals surface area contributed by atoms with Gasteiger partial charge >= 0.3 is 5.97 Å². The van der Waals surface area contributed by atoms with E-state index in [9.17, 15) is 4.79 Å². The highest BCUT2D eigenvalue weighted by Crippen LogP contribution is 2.67. The molecule has 9 heteroatoms. The molecule has 7 rings (SSSR count). The third-order valence-electron chi connectivity index (χ3n) is 8.70. The van der Waals surface area contributed by atoms with Crippen molar-refractivity contribution in [2.24, 2.45) is 11.3 Å². The summed E-state index contributed by atoms with van der Waals surface area (Å²) in [6.07, 6.45) is 2.46. The van der Waals surface area contributed by atoms with Crippen LogP contribution in [0.4, 0.5) is 0 Å². The molecule has 2 bridgehead atoms. The third-order valence-corrected chi connectivity index (χ3v) is 14.1. The average molecular weight is 621 g/mol. The summed E-state index contributed by atoms with van der Waals surface area (Å²) in [6.45, 7) is 9.51. The molecule has 1 saturated carbocycles. The summed E-state index contributed by atoms with van der Waals surface area (Å²) in [6, 6.07) is 23.1. The van der Waals surface area contributed by atoms with E-state index in [0.29, 0.717) is 25.5 Å². The van der Waals surface area contributed by atoms with Crippen molar-refractivity contribution in [3.05, 3.63) is 88.8 Å². The third kappa shape index (κ3) is 3.93. The quantitative estimate of drug-likeness (QED) is 0.219. The van der Waals surface area contributed by atoms with E-state index in [1.54, 1.807) is 4.52 Å². The van der Waals surface area contributed by atoms with E-state index in [0.717, 1.165) is 15.7 Å². The highest BCUT2D eigenvalue weighted by molar-refractivity contribution is 9.10. The number of hydrogen-bond acceptors (Lipinski definition) is 6. The number of carbonyl (C=O) groups excluding carboxylic acids is 1. The van der Waals surface area contributed by atoms with Gasteiger partial charge in [0.05, 0.1) is 13.7 Å². The summed E-state index contributed by atoms with van der Waals surface area (Å²) in [4.78, 5) is 18.3.